The highest BCUT2D eigenvalue weighted by Crippen LogP contribution is 2.32. The summed E-state index contributed by atoms with van der Waals surface area (Å²) in [5, 5.41) is 3.24. The van der Waals surface area contributed by atoms with Crippen molar-refractivity contribution in [2.24, 2.45) is 23.5 Å². The van der Waals surface area contributed by atoms with Crippen molar-refractivity contribution in [3.63, 3.8) is 0 Å². The molecule has 1 aromatic rings. The highest BCUT2D eigenvalue weighted by Gasteiger charge is 2.33. The highest BCUT2D eigenvalue weighted by atomic mass is 16.2. The molecule has 0 bridgehead atoms. The van der Waals surface area contributed by atoms with Crippen LogP contribution in [0.1, 0.15) is 44.7 Å². The van der Waals surface area contributed by atoms with Crippen LogP contribution in [-0.2, 0) is 4.79 Å². The Labute approximate surface area is 121 Å². The first kappa shape index (κ1) is 15.0. The Balaban J connectivity index is 2.07. The third-order valence-electron chi connectivity index (χ3n) is 4.42. The van der Waals surface area contributed by atoms with E-state index in [1.807, 2.05) is 18.2 Å². The van der Waals surface area contributed by atoms with Crippen LogP contribution in [0.25, 0.3) is 0 Å². The van der Waals surface area contributed by atoms with Gasteiger partial charge in [-0.05, 0) is 36.8 Å². The molecule has 3 nitrogen and oxygen atoms in total. The zero-order valence-corrected chi connectivity index (χ0v) is 12.5. The molecule has 0 saturated heterocycles. The number of hydrogen-bond donors (Lipinski definition) is 2. The number of carbonyl (C=O) groups is 1. The molecule has 3 N–H and O–H groups in total. The molecule has 20 heavy (non-hydrogen) atoms. The van der Waals surface area contributed by atoms with Crippen LogP contribution in [0.4, 0.5) is 0 Å². The van der Waals surface area contributed by atoms with E-state index in [9.17, 15) is 4.79 Å². The summed E-state index contributed by atoms with van der Waals surface area (Å²) in [6, 6.07) is 10.3. The molecule has 1 saturated carbocycles. The lowest BCUT2D eigenvalue weighted by Crippen LogP contribution is -2.39. The fraction of sp³-hybridized carbons (Fsp3) is 0.588. The first-order valence-corrected chi connectivity index (χ1v) is 7.69. The van der Waals surface area contributed by atoms with E-state index in [0.29, 0.717) is 18.4 Å². The molecule has 0 aromatic heterocycles. The van der Waals surface area contributed by atoms with Crippen LogP contribution >= 0.6 is 0 Å². The van der Waals surface area contributed by atoms with E-state index < -0.39 is 0 Å². The summed E-state index contributed by atoms with van der Waals surface area (Å²) in [6.07, 6.45) is 3.19. The quantitative estimate of drug-likeness (QED) is 0.867. The summed E-state index contributed by atoms with van der Waals surface area (Å²) in [6.45, 7) is 4.91. The second kappa shape index (κ2) is 6.89. The Morgan fingerprint density at radius 3 is 2.60 bits per heavy atom. The summed E-state index contributed by atoms with van der Waals surface area (Å²) in [5.74, 6) is 1.02. The van der Waals surface area contributed by atoms with Crippen molar-refractivity contribution in [1.29, 1.82) is 0 Å². The van der Waals surface area contributed by atoms with E-state index in [1.54, 1.807) is 0 Å². The highest BCUT2D eigenvalue weighted by molar-refractivity contribution is 5.79. The van der Waals surface area contributed by atoms with E-state index >= 15 is 0 Å². The summed E-state index contributed by atoms with van der Waals surface area (Å²) >= 11 is 0. The maximum Gasteiger partial charge on any atom is 0.223 e. The first-order chi connectivity index (χ1) is 9.63. The number of benzene rings is 1. The zero-order valence-electron chi connectivity index (χ0n) is 12.5. The molecule has 0 heterocycles. The van der Waals surface area contributed by atoms with Gasteiger partial charge in [0.1, 0.15) is 0 Å². The van der Waals surface area contributed by atoms with Gasteiger partial charge < -0.3 is 11.1 Å². The van der Waals surface area contributed by atoms with Gasteiger partial charge in [0.05, 0.1) is 6.04 Å². The van der Waals surface area contributed by atoms with Crippen LogP contribution in [0, 0.1) is 17.8 Å². The fourth-order valence-electron chi connectivity index (χ4n) is 3.22. The lowest BCUT2D eigenvalue weighted by molar-refractivity contribution is -0.127. The van der Waals surface area contributed by atoms with Gasteiger partial charge in [0, 0.05) is 5.92 Å². The molecule has 3 unspecified atom stereocenters. The Hall–Kier alpha value is -1.35. The van der Waals surface area contributed by atoms with Gasteiger partial charge in [-0.25, -0.2) is 0 Å². The third kappa shape index (κ3) is 3.40. The third-order valence-corrected chi connectivity index (χ3v) is 4.42. The maximum absolute atomic E-state index is 12.5. The molecule has 110 valence electrons. The molecule has 0 radical (unpaired) electrons. The smallest absolute Gasteiger partial charge is 0.223 e. The normalized spacial score (nSPS) is 23.8. The van der Waals surface area contributed by atoms with Crippen LogP contribution in [0.2, 0.25) is 0 Å². The van der Waals surface area contributed by atoms with Gasteiger partial charge in [-0.2, -0.15) is 0 Å². The number of amides is 1. The van der Waals surface area contributed by atoms with Gasteiger partial charge in [-0.1, -0.05) is 50.6 Å². The van der Waals surface area contributed by atoms with Gasteiger partial charge in [0.2, 0.25) is 5.91 Å². The lowest BCUT2D eigenvalue weighted by Gasteiger charge is -2.26. The van der Waals surface area contributed by atoms with Crippen molar-refractivity contribution in [3.05, 3.63) is 35.9 Å². The van der Waals surface area contributed by atoms with Crippen molar-refractivity contribution in [2.75, 3.05) is 6.54 Å². The van der Waals surface area contributed by atoms with E-state index in [2.05, 4.69) is 31.3 Å². The molecule has 3 heteroatoms. The average Bonchev–Trinajstić information content (AvgIpc) is 2.93. The van der Waals surface area contributed by atoms with Crippen LogP contribution in [-0.4, -0.2) is 12.5 Å². The molecule has 1 aliphatic rings. The SMILES string of the molecule is CC(C)C(NC(=O)C1CCCC1CN)c1ccccc1. The second-order valence-corrected chi connectivity index (χ2v) is 6.17. The predicted molar refractivity (Wildman–Crippen MR) is 82.0 cm³/mol. The van der Waals surface area contributed by atoms with Crippen molar-refractivity contribution >= 4 is 5.91 Å². The number of carbonyl (C=O) groups excluding carboxylic acids is 1. The Bertz CT molecular complexity index is 430. The van der Waals surface area contributed by atoms with Crippen molar-refractivity contribution in [1.82, 2.24) is 5.32 Å². The number of rotatable bonds is 5. The van der Waals surface area contributed by atoms with Gasteiger partial charge in [-0.3, -0.25) is 4.79 Å². The van der Waals surface area contributed by atoms with E-state index in [0.717, 1.165) is 19.3 Å². The summed E-state index contributed by atoms with van der Waals surface area (Å²) in [5.41, 5.74) is 6.96. The van der Waals surface area contributed by atoms with Crippen LogP contribution in [0.15, 0.2) is 30.3 Å². The number of nitrogens with one attached hydrogen (secondary N) is 1. The molecule has 0 spiro atoms. The van der Waals surface area contributed by atoms with E-state index in [1.165, 1.54) is 5.56 Å². The molecule has 1 aliphatic carbocycles. The van der Waals surface area contributed by atoms with Crippen molar-refractivity contribution in [2.45, 2.75) is 39.2 Å². The fourth-order valence-corrected chi connectivity index (χ4v) is 3.22. The second-order valence-electron chi connectivity index (χ2n) is 6.17. The molecule has 2 rings (SSSR count). The van der Waals surface area contributed by atoms with Crippen LogP contribution in [0.3, 0.4) is 0 Å². The molecule has 1 amide bonds. The van der Waals surface area contributed by atoms with Gasteiger partial charge >= 0.3 is 0 Å². The van der Waals surface area contributed by atoms with Crippen LogP contribution in [0.5, 0.6) is 0 Å². The van der Waals surface area contributed by atoms with Gasteiger partial charge in [-0.15, -0.1) is 0 Å². The van der Waals surface area contributed by atoms with Gasteiger partial charge in [0.25, 0.3) is 0 Å². The first-order valence-electron chi connectivity index (χ1n) is 7.69. The average molecular weight is 274 g/mol. The summed E-state index contributed by atoms with van der Waals surface area (Å²) in [7, 11) is 0. The Kier molecular flexibility index (Phi) is 5.18. The monoisotopic (exact) mass is 274 g/mol. The largest absolute Gasteiger partial charge is 0.349 e. The summed E-state index contributed by atoms with van der Waals surface area (Å²) < 4.78 is 0. The molecular formula is C17H26N2O. The minimum absolute atomic E-state index is 0.0859. The minimum atomic E-state index is 0.0859. The molecule has 0 aliphatic heterocycles. The maximum atomic E-state index is 12.5. The van der Waals surface area contributed by atoms with E-state index in [4.69, 9.17) is 5.73 Å². The van der Waals surface area contributed by atoms with E-state index in [-0.39, 0.29) is 17.9 Å². The number of nitrogens with two attached hydrogens (primary N) is 1. The predicted octanol–water partition coefficient (Wildman–Crippen LogP) is 2.87. The number of hydrogen-bond acceptors (Lipinski definition) is 2. The lowest BCUT2D eigenvalue weighted by atomic mass is 9.92. The molecule has 1 aromatic carbocycles. The molecule has 3 atom stereocenters. The summed E-state index contributed by atoms with van der Waals surface area (Å²) in [4.78, 5) is 12.5. The van der Waals surface area contributed by atoms with Gasteiger partial charge in [0.15, 0.2) is 0 Å². The standard InChI is InChI=1S/C17H26N2O/c1-12(2)16(13-7-4-3-5-8-13)19-17(20)15-10-6-9-14(15)11-18/h3-5,7-8,12,14-16H,6,9-11,18H2,1-2H3,(H,19,20). The van der Waals surface area contributed by atoms with Crippen molar-refractivity contribution < 1.29 is 4.79 Å². The minimum Gasteiger partial charge on any atom is -0.349 e. The topological polar surface area (TPSA) is 55.1 Å². The Morgan fingerprint density at radius 2 is 2.00 bits per heavy atom. The molecular weight excluding hydrogens is 248 g/mol. The Morgan fingerprint density at radius 1 is 1.30 bits per heavy atom. The molecule has 1 fully saturated rings. The van der Waals surface area contributed by atoms with Crippen LogP contribution < -0.4 is 11.1 Å². The zero-order chi connectivity index (χ0) is 14.5. The van der Waals surface area contributed by atoms with Crippen molar-refractivity contribution in [3.8, 4) is 0 Å².